The van der Waals surface area contributed by atoms with Gasteiger partial charge in [-0.05, 0) is 39.2 Å². The maximum absolute atomic E-state index is 12.2. The first-order valence-electron chi connectivity index (χ1n) is 7.02. The number of aromatic carboxylic acids is 2. The minimum atomic E-state index is -1.48. The maximum atomic E-state index is 12.2. The molecular weight excluding hydrogens is 318 g/mol. The van der Waals surface area contributed by atoms with Crippen LogP contribution in [-0.2, 0) is 0 Å². The Morgan fingerprint density at radius 2 is 1.50 bits per heavy atom. The second-order valence-electron chi connectivity index (χ2n) is 5.33. The maximum Gasteiger partial charge on any atom is 0.336 e. The fraction of sp³-hybridized carbons (Fsp3) is 0.333. The molecule has 24 heavy (non-hydrogen) atoms. The molecule has 1 rings (SSSR count). The first-order valence-corrected chi connectivity index (χ1v) is 7.02. The summed E-state index contributed by atoms with van der Waals surface area (Å²) < 4.78 is 0. The zero-order chi connectivity index (χ0) is 18.4. The van der Waals surface area contributed by atoms with Gasteiger partial charge in [0, 0.05) is 6.54 Å². The largest absolute Gasteiger partial charge is 0.478 e. The summed E-state index contributed by atoms with van der Waals surface area (Å²) in [6.45, 7) is 1.00. The fourth-order valence-electron chi connectivity index (χ4n) is 2.04. The van der Waals surface area contributed by atoms with Crippen LogP contribution in [0, 0.1) is 0 Å². The van der Waals surface area contributed by atoms with E-state index in [9.17, 15) is 24.3 Å². The van der Waals surface area contributed by atoms with Gasteiger partial charge in [0.15, 0.2) is 0 Å². The lowest BCUT2D eigenvalue weighted by Crippen LogP contribution is -2.29. The molecule has 0 aliphatic heterocycles. The average Bonchev–Trinajstić information content (AvgIpc) is 2.49. The van der Waals surface area contributed by atoms with E-state index < -0.39 is 40.4 Å². The van der Waals surface area contributed by atoms with Gasteiger partial charge < -0.3 is 26.2 Å². The third-order valence-electron chi connectivity index (χ3n) is 3.20. The first-order chi connectivity index (χ1) is 11.1. The van der Waals surface area contributed by atoms with Crippen LogP contribution in [0.4, 0.5) is 0 Å². The summed E-state index contributed by atoms with van der Waals surface area (Å²) in [6, 6.07) is 1.66. The number of carboxylic acid groups (broad SMARTS) is 2. The van der Waals surface area contributed by atoms with Crippen LogP contribution < -0.4 is 11.1 Å². The minimum absolute atomic E-state index is 0.288. The van der Waals surface area contributed by atoms with Crippen LogP contribution in [0.25, 0.3) is 0 Å². The summed E-state index contributed by atoms with van der Waals surface area (Å²) >= 11 is 0. The van der Waals surface area contributed by atoms with Crippen molar-refractivity contribution in [3.63, 3.8) is 0 Å². The van der Waals surface area contributed by atoms with E-state index in [-0.39, 0.29) is 12.1 Å². The molecule has 130 valence electrons. The van der Waals surface area contributed by atoms with Crippen molar-refractivity contribution in [1.82, 2.24) is 10.2 Å². The predicted molar refractivity (Wildman–Crippen MR) is 84.4 cm³/mol. The van der Waals surface area contributed by atoms with Crippen molar-refractivity contribution >= 4 is 23.8 Å². The van der Waals surface area contributed by atoms with E-state index in [1.807, 2.05) is 19.0 Å². The number of carbonyl (C=O) groups excluding carboxylic acids is 2. The molecule has 0 unspecified atom stereocenters. The molecule has 1 aromatic carbocycles. The quantitative estimate of drug-likeness (QED) is 0.482. The van der Waals surface area contributed by atoms with E-state index in [4.69, 9.17) is 10.8 Å². The second-order valence-corrected chi connectivity index (χ2v) is 5.33. The summed E-state index contributed by atoms with van der Waals surface area (Å²) in [5.41, 5.74) is 3.26. The molecule has 2 amide bonds. The van der Waals surface area contributed by atoms with Crippen LogP contribution in [0.1, 0.15) is 47.9 Å². The lowest BCUT2D eigenvalue weighted by atomic mass is 9.97. The number of hydrogen-bond acceptors (Lipinski definition) is 5. The fourth-order valence-corrected chi connectivity index (χ4v) is 2.04. The number of carbonyl (C=O) groups is 4. The Hall–Kier alpha value is -2.94. The highest BCUT2D eigenvalue weighted by Crippen LogP contribution is 2.18. The molecule has 9 heteroatoms. The average molecular weight is 337 g/mol. The number of benzene rings is 1. The van der Waals surface area contributed by atoms with Crippen molar-refractivity contribution in [1.29, 1.82) is 0 Å². The third-order valence-corrected chi connectivity index (χ3v) is 3.20. The molecule has 0 fully saturated rings. The predicted octanol–water partition coefficient (Wildman–Crippen LogP) is -0.137. The smallest absolute Gasteiger partial charge is 0.336 e. The van der Waals surface area contributed by atoms with Crippen LogP contribution in [0.2, 0.25) is 0 Å². The van der Waals surface area contributed by atoms with Gasteiger partial charge in [-0.3, -0.25) is 9.59 Å². The number of rotatable bonds is 8. The van der Waals surface area contributed by atoms with E-state index in [1.165, 1.54) is 0 Å². The monoisotopic (exact) mass is 337 g/mol. The van der Waals surface area contributed by atoms with Crippen molar-refractivity contribution in [2.24, 2.45) is 5.73 Å². The van der Waals surface area contributed by atoms with Gasteiger partial charge in [0.05, 0.1) is 22.3 Å². The highest BCUT2D eigenvalue weighted by atomic mass is 16.4. The normalized spacial score (nSPS) is 10.5. The van der Waals surface area contributed by atoms with Gasteiger partial charge in [0.2, 0.25) is 5.91 Å². The summed E-state index contributed by atoms with van der Waals surface area (Å²) in [4.78, 5) is 47.9. The zero-order valence-electron chi connectivity index (χ0n) is 13.3. The Labute approximate surface area is 138 Å². The van der Waals surface area contributed by atoms with Gasteiger partial charge in [0.1, 0.15) is 0 Å². The summed E-state index contributed by atoms with van der Waals surface area (Å²) in [5.74, 6) is -4.77. The molecule has 0 bridgehead atoms. The summed E-state index contributed by atoms with van der Waals surface area (Å²) in [5, 5.41) is 20.9. The van der Waals surface area contributed by atoms with Gasteiger partial charge in [-0.1, -0.05) is 0 Å². The lowest BCUT2D eigenvalue weighted by molar-refractivity contribution is 0.0676. The lowest BCUT2D eigenvalue weighted by Gasteiger charge is -2.12. The van der Waals surface area contributed by atoms with Crippen LogP contribution in [-0.4, -0.2) is 66.1 Å². The topological polar surface area (TPSA) is 150 Å². The SMILES string of the molecule is CN(C)CCCNC(=O)c1cc(C(=O)O)c(C(N)=O)cc1C(=O)O. The molecule has 0 atom stereocenters. The number of primary amides is 1. The van der Waals surface area contributed by atoms with E-state index in [2.05, 4.69) is 5.32 Å². The molecule has 1 aromatic rings. The van der Waals surface area contributed by atoms with E-state index in [0.29, 0.717) is 13.0 Å². The number of nitrogens with zero attached hydrogens (tertiary/aromatic N) is 1. The van der Waals surface area contributed by atoms with Crippen molar-refractivity contribution < 1.29 is 29.4 Å². The van der Waals surface area contributed by atoms with Gasteiger partial charge >= 0.3 is 11.9 Å². The Morgan fingerprint density at radius 1 is 1.00 bits per heavy atom. The van der Waals surface area contributed by atoms with Crippen LogP contribution in [0.15, 0.2) is 12.1 Å². The molecule has 0 radical (unpaired) electrons. The molecule has 0 spiro atoms. The van der Waals surface area contributed by atoms with Crippen molar-refractivity contribution in [2.75, 3.05) is 27.2 Å². The number of nitrogens with two attached hydrogens (primary N) is 1. The van der Waals surface area contributed by atoms with Crippen LogP contribution in [0.5, 0.6) is 0 Å². The molecule has 0 aromatic heterocycles. The Bertz CT molecular complexity index is 684. The molecule has 0 aliphatic rings. The van der Waals surface area contributed by atoms with Crippen LogP contribution >= 0.6 is 0 Å². The number of hydrogen-bond donors (Lipinski definition) is 4. The second kappa shape index (κ2) is 8.06. The number of nitrogens with one attached hydrogen (secondary N) is 1. The summed E-state index contributed by atoms with van der Waals surface area (Å²) in [7, 11) is 3.73. The number of amides is 2. The van der Waals surface area contributed by atoms with E-state index in [0.717, 1.165) is 12.1 Å². The van der Waals surface area contributed by atoms with Gasteiger partial charge in [-0.2, -0.15) is 0 Å². The molecule has 5 N–H and O–H groups in total. The standard InChI is InChI=1S/C15H19N3O6/c1-18(2)5-3-4-17-13(20)9-7-10(14(21)22)8(12(16)19)6-11(9)15(23)24/h6-7H,3-5H2,1-2H3,(H2,16,19)(H,17,20)(H,21,22)(H,23,24). The highest BCUT2D eigenvalue weighted by Gasteiger charge is 2.24. The van der Waals surface area contributed by atoms with Gasteiger partial charge in [-0.15, -0.1) is 0 Å². The highest BCUT2D eigenvalue weighted by molar-refractivity contribution is 6.11. The minimum Gasteiger partial charge on any atom is -0.478 e. The molecule has 0 aliphatic carbocycles. The van der Waals surface area contributed by atoms with Crippen molar-refractivity contribution in [2.45, 2.75) is 6.42 Å². The summed E-state index contributed by atoms with van der Waals surface area (Å²) in [6.07, 6.45) is 0.631. The Kier molecular flexibility index (Phi) is 6.42. The third kappa shape index (κ3) is 4.78. The van der Waals surface area contributed by atoms with Crippen molar-refractivity contribution in [3.05, 3.63) is 34.4 Å². The van der Waals surface area contributed by atoms with E-state index >= 15 is 0 Å². The molecule has 0 saturated heterocycles. The number of carboxylic acids is 2. The van der Waals surface area contributed by atoms with Gasteiger partial charge in [0.25, 0.3) is 5.91 Å². The van der Waals surface area contributed by atoms with Gasteiger partial charge in [-0.25, -0.2) is 9.59 Å². The molecule has 0 saturated carbocycles. The first kappa shape index (κ1) is 19.1. The van der Waals surface area contributed by atoms with Crippen molar-refractivity contribution in [3.8, 4) is 0 Å². The van der Waals surface area contributed by atoms with E-state index in [1.54, 1.807) is 0 Å². The van der Waals surface area contributed by atoms with Crippen LogP contribution in [0.3, 0.4) is 0 Å². The molecular formula is C15H19N3O6. The molecule has 0 heterocycles. The Balaban J connectivity index is 3.18. The zero-order valence-corrected chi connectivity index (χ0v) is 13.3. The Morgan fingerprint density at radius 3 is 1.96 bits per heavy atom. The molecule has 9 nitrogen and oxygen atoms in total.